The Morgan fingerprint density at radius 3 is 2.42 bits per heavy atom. The van der Waals surface area contributed by atoms with Crippen LogP contribution in [0.25, 0.3) is 0 Å². The monoisotopic (exact) mass is 327 g/mol. The Morgan fingerprint density at radius 2 is 1.95 bits per heavy atom. The molecule has 1 aromatic carbocycles. The second-order valence-corrected chi connectivity index (χ2v) is 5.98. The van der Waals surface area contributed by atoms with Crippen LogP contribution < -0.4 is 0 Å². The molecule has 0 heterocycles. The molecule has 1 amide bonds. The highest BCUT2D eigenvalue weighted by molar-refractivity contribution is 9.10. The molecule has 0 saturated heterocycles. The van der Waals surface area contributed by atoms with Crippen molar-refractivity contribution < 1.29 is 14.7 Å². The fraction of sp³-hybridized carbons (Fsp3) is 0.429. The quantitative estimate of drug-likeness (QED) is 0.924. The van der Waals surface area contributed by atoms with E-state index in [-0.39, 0.29) is 5.91 Å². The second-order valence-electron chi connectivity index (χ2n) is 5.07. The maximum absolute atomic E-state index is 12.5. The molecule has 5 heteroatoms. The minimum Gasteiger partial charge on any atom is -0.480 e. The average molecular weight is 328 g/mol. The lowest BCUT2D eigenvalue weighted by Gasteiger charge is -2.32. The van der Waals surface area contributed by atoms with Gasteiger partial charge in [0.1, 0.15) is 6.04 Å². The molecule has 0 aliphatic carbocycles. The molecule has 0 radical (unpaired) electrons. The van der Waals surface area contributed by atoms with Crippen molar-refractivity contribution in [3.63, 3.8) is 0 Å². The van der Waals surface area contributed by atoms with Crippen molar-refractivity contribution in [3.05, 3.63) is 34.3 Å². The third kappa shape index (κ3) is 3.35. The first-order chi connectivity index (χ1) is 8.67. The standard InChI is InChI=1S/C14H18BrNO3/c1-9(12(17)18)16(4)13(19)14(2,3)10-6-5-7-11(15)8-10/h5-9H,1-4H3,(H,17,18). The summed E-state index contributed by atoms with van der Waals surface area (Å²) >= 11 is 3.37. The fourth-order valence-corrected chi connectivity index (χ4v) is 2.18. The van der Waals surface area contributed by atoms with Gasteiger partial charge in [-0.15, -0.1) is 0 Å². The number of benzene rings is 1. The van der Waals surface area contributed by atoms with Gasteiger partial charge in [-0.2, -0.15) is 0 Å². The van der Waals surface area contributed by atoms with E-state index < -0.39 is 17.4 Å². The van der Waals surface area contributed by atoms with Crippen molar-refractivity contribution in [2.45, 2.75) is 32.2 Å². The van der Waals surface area contributed by atoms with Gasteiger partial charge in [0.05, 0.1) is 5.41 Å². The molecule has 104 valence electrons. The Kier molecular flexibility index (Phi) is 4.74. The van der Waals surface area contributed by atoms with Crippen molar-refractivity contribution in [1.82, 2.24) is 4.90 Å². The van der Waals surface area contributed by atoms with Crippen molar-refractivity contribution in [2.75, 3.05) is 7.05 Å². The average Bonchev–Trinajstić information content (AvgIpc) is 2.35. The lowest BCUT2D eigenvalue weighted by molar-refractivity contribution is -0.150. The Labute approximate surface area is 121 Å². The van der Waals surface area contributed by atoms with Crippen LogP contribution in [0, 0.1) is 0 Å². The molecule has 19 heavy (non-hydrogen) atoms. The van der Waals surface area contributed by atoms with Crippen LogP contribution in [0.5, 0.6) is 0 Å². The number of carboxylic acid groups (broad SMARTS) is 1. The number of hydrogen-bond donors (Lipinski definition) is 1. The molecule has 0 aliphatic heterocycles. The summed E-state index contributed by atoms with van der Waals surface area (Å²) in [6, 6.07) is 6.63. The van der Waals surface area contributed by atoms with Crippen LogP contribution in [0.1, 0.15) is 26.3 Å². The first-order valence-electron chi connectivity index (χ1n) is 5.94. The molecule has 1 atom stereocenters. The second kappa shape index (κ2) is 5.74. The molecule has 0 aromatic heterocycles. The van der Waals surface area contributed by atoms with E-state index in [0.29, 0.717) is 0 Å². The van der Waals surface area contributed by atoms with Crippen LogP contribution in [0.15, 0.2) is 28.7 Å². The number of carbonyl (C=O) groups excluding carboxylic acids is 1. The zero-order valence-corrected chi connectivity index (χ0v) is 13.1. The van der Waals surface area contributed by atoms with E-state index in [1.165, 1.54) is 18.9 Å². The molecule has 0 saturated carbocycles. The van der Waals surface area contributed by atoms with Crippen LogP contribution in [-0.2, 0) is 15.0 Å². The van der Waals surface area contributed by atoms with Crippen LogP contribution in [-0.4, -0.2) is 35.0 Å². The normalized spacial score (nSPS) is 12.9. The fourth-order valence-electron chi connectivity index (χ4n) is 1.78. The van der Waals surface area contributed by atoms with E-state index >= 15 is 0 Å². The zero-order valence-electron chi connectivity index (χ0n) is 11.5. The van der Waals surface area contributed by atoms with Crippen LogP contribution in [0.2, 0.25) is 0 Å². The lowest BCUT2D eigenvalue weighted by atomic mass is 9.83. The van der Waals surface area contributed by atoms with Gasteiger partial charge in [0, 0.05) is 11.5 Å². The molecular formula is C14H18BrNO3. The van der Waals surface area contributed by atoms with Gasteiger partial charge in [-0.05, 0) is 38.5 Å². The molecular weight excluding hydrogens is 310 g/mol. The molecule has 1 N–H and O–H groups in total. The van der Waals surface area contributed by atoms with Gasteiger partial charge in [0.15, 0.2) is 0 Å². The molecule has 0 bridgehead atoms. The van der Waals surface area contributed by atoms with Gasteiger partial charge in [0.25, 0.3) is 0 Å². The lowest BCUT2D eigenvalue weighted by Crippen LogP contribution is -2.48. The molecule has 1 rings (SSSR count). The highest BCUT2D eigenvalue weighted by Crippen LogP contribution is 2.28. The summed E-state index contributed by atoms with van der Waals surface area (Å²) in [5.41, 5.74) is 0.0683. The topological polar surface area (TPSA) is 57.6 Å². The molecule has 0 aliphatic rings. The summed E-state index contributed by atoms with van der Waals surface area (Å²) in [7, 11) is 1.51. The maximum Gasteiger partial charge on any atom is 0.326 e. The Morgan fingerprint density at radius 1 is 1.37 bits per heavy atom. The number of amides is 1. The van der Waals surface area contributed by atoms with E-state index in [1.54, 1.807) is 13.8 Å². The minimum absolute atomic E-state index is 0.222. The van der Waals surface area contributed by atoms with E-state index in [9.17, 15) is 9.59 Å². The highest BCUT2D eigenvalue weighted by atomic mass is 79.9. The number of halogens is 1. The zero-order chi connectivity index (χ0) is 14.8. The number of likely N-dealkylation sites (N-methyl/N-ethyl adjacent to an activating group) is 1. The van der Waals surface area contributed by atoms with Gasteiger partial charge < -0.3 is 10.0 Å². The van der Waals surface area contributed by atoms with Crippen molar-refractivity contribution in [3.8, 4) is 0 Å². The van der Waals surface area contributed by atoms with Crippen molar-refractivity contribution >= 4 is 27.8 Å². The number of aliphatic carboxylic acids is 1. The Balaban J connectivity index is 3.06. The van der Waals surface area contributed by atoms with E-state index in [2.05, 4.69) is 15.9 Å². The van der Waals surface area contributed by atoms with Crippen molar-refractivity contribution in [1.29, 1.82) is 0 Å². The summed E-state index contributed by atoms with van der Waals surface area (Å²) in [5.74, 6) is -1.23. The first kappa shape index (κ1) is 15.7. The molecule has 0 fully saturated rings. The van der Waals surface area contributed by atoms with Gasteiger partial charge in [0.2, 0.25) is 5.91 Å². The summed E-state index contributed by atoms with van der Waals surface area (Å²) in [6.45, 7) is 5.08. The van der Waals surface area contributed by atoms with Gasteiger partial charge in [-0.1, -0.05) is 28.1 Å². The number of rotatable bonds is 4. The summed E-state index contributed by atoms with van der Waals surface area (Å²) in [6.07, 6.45) is 0. The van der Waals surface area contributed by atoms with E-state index in [0.717, 1.165) is 10.0 Å². The molecule has 0 spiro atoms. The Hall–Kier alpha value is -1.36. The smallest absolute Gasteiger partial charge is 0.326 e. The number of hydrogen-bond acceptors (Lipinski definition) is 2. The molecule has 1 aromatic rings. The van der Waals surface area contributed by atoms with Gasteiger partial charge >= 0.3 is 5.97 Å². The predicted molar refractivity (Wildman–Crippen MR) is 77.0 cm³/mol. The van der Waals surface area contributed by atoms with Gasteiger partial charge in [-0.3, -0.25) is 4.79 Å². The maximum atomic E-state index is 12.5. The molecule has 4 nitrogen and oxygen atoms in total. The third-order valence-corrected chi connectivity index (χ3v) is 3.83. The summed E-state index contributed by atoms with van der Waals surface area (Å²) in [5, 5.41) is 8.98. The minimum atomic E-state index is -1.01. The largest absolute Gasteiger partial charge is 0.480 e. The van der Waals surface area contributed by atoms with Crippen LogP contribution in [0.3, 0.4) is 0 Å². The van der Waals surface area contributed by atoms with E-state index in [1.807, 2.05) is 24.3 Å². The number of carboxylic acids is 1. The van der Waals surface area contributed by atoms with Crippen LogP contribution in [0.4, 0.5) is 0 Å². The van der Waals surface area contributed by atoms with Crippen molar-refractivity contribution in [2.24, 2.45) is 0 Å². The Bertz CT molecular complexity index is 499. The summed E-state index contributed by atoms with van der Waals surface area (Å²) < 4.78 is 0.889. The number of nitrogens with zero attached hydrogens (tertiary/aromatic N) is 1. The van der Waals surface area contributed by atoms with Crippen LogP contribution >= 0.6 is 15.9 Å². The summed E-state index contributed by atoms with van der Waals surface area (Å²) in [4.78, 5) is 24.7. The third-order valence-electron chi connectivity index (χ3n) is 3.34. The first-order valence-corrected chi connectivity index (χ1v) is 6.73. The highest BCUT2D eigenvalue weighted by Gasteiger charge is 2.35. The SMILES string of the molecule is CC(C(=O)O)N(C)C(=O)C(C)(C)c1cccc(Br)c1. The predicted octanol–water partition coefficient (Wildman–Crippen LogP) is 2.66. The van der Waals surface area contributed by atoms with E-state index in [4.69, 9.17) is 5.11 Å². The van der Waals surface area contributed by atoms with Gasteiger partial charge in [-0.25, -0.2) is 4.79 Å². The number of carbonyl (C=O) groups is 2. The molecule has 1 unspecified atom stereocenters.